The molecule has 2 unspecified atom stereocenters. The average Bonchev–Trinajstić information content (AvgIpc) is 2.56. The summed E-state index contributed by atoms with van der Waals surface area (Å²) < 4.78 is 10.9. The van der Waals surface area contributed by atoms with Gasteiger partial charge >= 0.3 is 0 Å². The summed E-state index contributed by atoms with van der Waals surface area (Å²) in [6.07, 6.45) is 3.08. The first-order valence-electron chi connectivity index (χ1n) is 5.39. The predicted molar refractivity (Wildman–Crippen MR) is 49.7 cm³/mol. The van der Waals surface area contributed by atoms with Crippen LogP contribution in [-0.4, -0.2) is 41.4 Å². The van der Waals surface area contributed by atoms with Crippen molar-refractivity contribution in [1.29, 1.82) is 0 Å². The molecule has 1 heterocycles. The summed E-state index contributed by atoms with van der Waals surface area (Å²) in [7, 11) is 0. The van der Waals surface area contributed by atoms with Crippen molar-refractivity contribution < 1.29 is 63.7 Å². The second kappa shape index (κ2) is 6.88. The predicted octanol–water partition coefficient (Wildman–Crippen LogP) is 0.414. The number of ether oxygens (including phenoxy) is 2. The maximum Gasteiger partial charge on any atom is 0.183 e. The van der Waals surface area contributed by atoms with E-state index < -0.39 is 12.4 Å². The van der Waals surface area contributed by atoms with Gasteiger partial charge in [-0.1, -0.05) is 0 Å². The van der Waals surface area contributed by atoms with Crippen LogP contribution < -0.4 is 0 Å². The van der Waals surface area contributed by atoms with Crippen LogP contribution in [0.25, 0.3) is 0 Å². The summed E-state index contributed by atoms with van der Waals surface area (Å²) in [5.41, 5.74) is 0. The van der Waals surface area contributed by atoms with Crippen LogP contribution in [0.5, 0.6) is 0 Å². The van der Waals surface area contributed by atoms with E-state index in [4.69, 9.17) is 9.47 Å². The van der Waals surface area contributed by atoms with E-state index in [1.165, 1.54) is 0 Å². The maximum absolute atomic E-state index is 9.47. The zero-order valence-electron chi connectivity index (χ0n) is 8.84. The van der Waals surface area contributed by atoms with Gasteiger partial charge in [-0.05, 0) is 25.7 Å². The Morgan fingerprint density at radius 3 is 2.20 bits per heavy atom. The van der Waals surface area contributed by atoms with E-state index in [1.807, 2.05) is 0 Å². The fourth-order valence-electron chi connectivity index (χ4n) is 2.05. The van der Waals surface area contributed by atoms with E-state index >= 15 is 0 Å². The first-order valence-corrected chi connectivity index (χ1v) is 5.39. The van der Waals surface area contributed by atoms with Crippen molar-refractivity contribution in [2.45, 2.75) is 56.7 Å². The summed E-state index contributed by atoms with van der Waals surface area (Å²) in [5, 5.41) is 18.8. The summed E-state index contributed by atoms with van der Waals surface area (Å²) in [4.78, 5) is 0. The van der Waals surface area contributed by atoms with Gasteiger partial charge in [0, 0.05) is 50.5 Å². The van der Waals surface area contributed by atoms with Crippen LogP contribution in [-0.2, 0) is 9.47 Å². The van der Waals surface area contributed by atoms with Crippen molar-refractivity contribution in [3.8, 4) is 0 Å². The molecule has 4 nitrogen and oxygen atoms in total. The SMILES string of the molecule is OC1CCC(OC2OCCC2O)CC1.[Ac]. The van der Waals surface area contributed by atoms with Gasteiger partial charge in [-0.25, -0.2) is 0 Å². The average molecular weight is 429 g/mol. The molecule has 0 aromatic heterocycles. The number of aliphatic hydroxyl groups is 2. The topological polar surface area (TPSA) is 58.9 Å². The standard InChI is InChI=1S/C10H18O4.Ac/c11-7-1-3-8(4-2-7)14-10-9(12)5-6-13-10;/h7-12H,1-6H2;. The van der Waals surface area contributed by atoms with Crippen LogP contribution in [0.3, 0.4) is 0 Å². The molecule has 1 aliphatic heterocycles. The quantitative estimate of drug-likeness (QED) is 0.668. The molecule has 2 rings (SSSR count). The molecule has 0 aromatic rings. The van der Waals surface area contributed by atoms with Gasteiger partial charge in [-0.15, -0.1) is 0 Å². The minimum absolute atomic E-state index is 0. The van der Waals surface area contributed by atoms with Gasteiger partial charge in [0.05, 0.1) is 18.8 Å². The van der Waals surface area contributed by atoms with Gasteiger partial charge in [-0.2, -0.15) is 0 Å². The van der Waals surface area contributed by atoms with Crippen LogP contribution in [0, 0.1) is 44.1 Å². The van der Waals surface area contributed by atoms with Gasteiger partial charge in [0.25, 0.3) is 0 Å². The number of hydrogen-bond acceptors (Lipinski definition) is 4. The van der Waals surface area contributed by atoms with Gasteiger partial charge in [0.2, 0.25) is 0 Å². The molecule has 2 N–H and O–H groups in total. The van der Waals surface area contributed by atoms with Crippen molar-refractivity contribution in [3.63, 3.8) is 0 Å². The van der Waals surface area contributed by atoms with Crippen LogP contribution in [0.15, 0.2) is 0 Å². The van der Waals surface area contributed by atoms with Gasteiger partial charge in [-0.3, -0.25) is 0 Å². The number of aliphatic hydroxyl groups excluding tert-OH is 2. The molecule has 1 saturated carbocycles. The summed E-state index contributed by atoms with van der Waals surface area (Å²) >= 11 is 0. The molecule has 1 radical (unpaired) electrons. The van der Waals surface area contributed by atoms with Crippen molar-refractivity contribution in [1.82, 2.24) is 0 Å². The Hall–Kier alpha value is 1.28. The van der Waals surface area contributed by atoms with Crippen LogP contribution in [0.4, 0.5) is 0 Å². The Morgan fingerprint density at radius 2 is 1.67 bits per heavy atom. The van der Waals surface area contributed by atoms with Crippen molar-refractivity contribution >= 4 is 0 Å². The monoisotopic (exact) mass is 429 g/mol. The third-order valence-corrected chi connectivity index (χ3v) is 2.98. The van der Waals surface area contributed by atoms with Crippen molar-refractivity contribution in [2.24, 2.45) is 0 Å². The third-order valence-electron chi connectivity index (χ3n) is 2.98. The molecule has 0 aromatic carbocycles. The maximum atomic E-state index is 9.47. The molecule has 0 amide bonds. The summed E-state index contributed by atoms with van der Waals surface area (Å²) in [5.74, 6) is 0. The zero-order chi connectivity index (χ0) is 9.97. The van der Waals surface area contributed by atoms with Gasteiger partial charge in [0.15, 0.2) is 6.29 Å². The molecule has 1 saturated heterocycles. The fourth-order valence-corrected chi connectivity index (χ4v) is 2.05. The van der Waals surface area contributed by atoms with Gasteiger partial charge < -0.3 is 19.7 Å². The Labute approximate surface area is 126 Å². The molecule has 1 aliphatic carbocycles. The van der Waals surface area contributed by atoms with Crippen molar-refractivity contribution in [3.05, 3.63) is 0 Å². The van der Waals surface area contributed by atoms with Crippen molar-refractivity contribution in [2.75, 3.05) is 6.61 Å². The molecule has 0 bridgehead atoms. The molecular formula is C10H18AcO4. The molecule has 5 heteroatoms. The van der Waals surface area contributed by atoms with E-state index in [0.29, 0.717) is 13.0 Å². The molecular weight excluding hydrogens is 411 g/mol. The van der Waals surface area contributed by atoms with E-state index in [2.05, 4.69) is 0 Å². The number of rotatable bonds is 2. The minimum Gasteiger partial charge on any atom is -0.393 e. The molecule has 0 spiro atoms. The molecule has 2 aliphatic rings. The Kier molecular flexibility index (Phi) is 6.58. The summed E-state index contributed by atoms with van der Waals surface area (Å²) in [6.45, 7) is 0.585. The van der Waals surface area contributed by atoms with E-state index in [0.717, 1.165) is 25.7 Å². The first-order chi connectivity index (χ1) is 6.75. The zero-order valence-corrected chi connectivity index (χ0v) is 13.6. The molecule has 15 heavy (non-hydrogen) atoms. The van der Waals surface area contributed by atoms with Crippen LogP contribution in [0.2, 0.25) is 0 Å². The Morgan fingerprint density at radius 1 is 1.00 bits per heavy atom. The largest absolute Gasteiger partial charge is 0.393 e. The normalized spacial score (nSPS) is 41.2. The first kappa shape index (κ1) is 14.3. The van der Waals surface area contributed by atoms with Crippen LogP contribution in [0.1, 0.15) is 32.1 Å². The number of hydrogen-bond donors (Lipinski definition) is 2. The van der Waals surface area contributed by atoms with E-state index in [-0.39, 0.29) is 56.3 Å². The molecule has 2 atom stereocenters. The van der Waals surface area contributed by atoms with Gasteiger partial charge in [0.1, 0.15) is 6.10 Å². The molecule has 85 valence electrons. The second-order valence-electron chi connectivity index (χ2n) is 4.16. The van der Waals surface area contributed by atoms with E-state index in [1.54, 1.807) is 0 Å². The molecule has 2 fully saturated rings. The smallest absolute Gasteiger partial charge is 0.183 e. The minimum atomic E-state index is -0.471. The Bertz CT molecular complexity index is 182. The summed E-state index contributed by atoms with van der Waals surface area (Å²) in [6, 6.07) is 0. The van der Waals surface area contributed by atoms with E-state index in [9.17, 15) is 10.2 Å². The third kappa shape index (κ3) is 4.22. The fraction of sp³-hybridized carbons (Fsp3) is 1.00. The van der Waals surface area contributed by atoms with Crippen LogP contribution >= 0.6 is 0 Å². The Balaban J connectivity index is 0.00000112. The second-order valence-corrected chi connectivity index (χ2v) is 4.16.